The van der Waals surface area contributed by atoms with E-state index in [-0.39, 0.29) is 0 Å². The minimum atomic E-state index is 0.326. The zero-order valence-corrected chi connectivity index (χ0v) is 8.79. The van der Waals surface area contributed by atoms with Crippen molar-refractivity contribution in [2.45, 2.75) is 32.9 Å². The standard InChI is InChI=1S/C10H17N3O/c1-7-8(2)14-10(12-7)6-13-4-3-9(11)5-13/h9H,3-6,11H2,1-2H3/t9-/m0/s1. The maximum Gasteiger partial charge on any atom is 0.208 e. The molecule has 0 aliphatic carbocycles. The van der Waals surface area contributed by atoms with E-state index in [0.29, 0.717) is 6.04 Å². The number of aryl methyl sites for hydroxylation is 2. The average molecular weight is 195 g/mol. The number of hydrogen-bond acceptors (Lipinski definition) is 4. The smallest absolute Gasteiger partial charge is 0.208 e. The highest BCUT2D eigenvalue weighted by Crippen LogP contribution is 2.14. The molecule has 2 rings (SSSR count). The second-order valence-corrected chi connectivity index (χ2v) is 4.03. The van der Waals surface area contributed by atoms with Gasteiger partial charge in [-0.05, 0) is 20.3 Å². The van der Waals surface area contributed by atoms with Crippen molar-refractivity contribution in [1.29, 1.82) is 0 Å². The molecule has 0 aromatic carbocycles. The van der Waals surface area contributed by atoms with Gasteiger partial charge in [0.05, 0.1) is 12.2 Å². The summed E-state index contributed by atoms with van der Waals surface area (Å²) in [6, 6.07) is 0.326. The van der Waals surface area contributed by atoms with E-state index in [1.165, 1.54) is 0 Å². The lowest BCUT2D eigenvalue weighted by atomic mass is 10.3. The summed E-state index contributed by atoms with van der Waals surface area (Å²) in [6.07, 6.45) is 1.08. The van der Waals surface area contributed by atoms with E-state index < -0.39 is 0 Å². The lowest BCUT2D eigenvalue weighted by Gasteiger charge is -2.11. The Bertz CT molecular complexity index is 302. The summed E-state index contributed by atoms with van der Waals surface area (Å²) in [5.41, 5.74) is 6.81. The van der Waals surface area contributed by atoms with Gasteiger partial charge < -0.3 is 10.2 Å². The molecule has 1 atom stereocenters. The van der Waals surface area contributed by atoms with Gasteiger partial charge in [0.15, 0.2) is 0 Å². The zero-order valence-electron chi connectivity index (χ0n) is 8.79. The summed E-state index contributed by atoms with van der Waals surface area (Å²) in [4.78, 5) is 6.64. The van der Waals surface area contributed by atoms with Gasteiger partial charge in [-0.25, -0.2) is 4.98 Å². The summed E-state index contributed by atoms with van der Waals surface area (Å²) >= 11 is 0. The van der Waals surface area contributed by atoms with E-state index in [4.69, 9.17) is 10.2 Å². The Balaban J connectivity index is 1.97. The van der Waals surface area contributed by atoms with Crippen LogP contribution < -0.4 is 5.73 Å². The van der Waals surface area contributed by atoms with Gasteiger partial charge in [0.25, 0.3) is 0 Å². The summed E-state index contributed by atoms with van der Waals surface area (Å²) in [5, 5.41) is 0. The van der Waals surface area contributed by atoms with E-state index >= 15 is 0 Å². The predicted octanol–water partition coefficient (Wildman–Crippen LogP) is 0.824. The Kier molecular flexibility index (Phi) is 2.56. The first kappa shape index (κ1) is 9.68. The molecule has 0 bridgehead atoms. The van der Waals surface area contributed by atoms with Gasteiger partial charge in [0.1, 0.15) is 5.76 Å². The normalized spacial score (nSPS) is 23.2. The molecule has 0 spiro atoms. The Morgan fingerprint density at radius 1 is 1.57 bits per heavy atom. The van der Waals surface area contributed by atoms with Crippen LogP contribution >= 0.6 is 0 Å². The monoisotopic (exact) mass is 195 g/mol. The van der Waals surface area contributed by atoms with Gasteiger partial charge >= 0.3 is 0 Å². The second-order valence-electron chi connectivity index (χ2n) is 4.03. The maximum atomic E-state index is 5.82. The van der Waals surface area contributed by atoms with Crippen molar-refractivity contribution >= 4 is 0 Å². The fourth-order valence-electron chi connectivity index (χ4n) is 1.80. The first-order chi connectivity index (χ1) is 6.65. The van der Waals surface area contributed by atoms with Gasteiger partial charge in [-0.2, -0.15) is 0 Å². The average Bonchev–Trinajstić information content (AvgIpc) is 2.62. The quantitative estimate of drug-likeness (QED) is 0.759. The third-order valence-corrected chi connectivity index (χ3v) is 2.74. The van der Waals surface area contributed by atoms with Gasteiger partial charge in [-0.1, -0.05) is 0 Å². The number of aromatic nitrogens is 1. The minimum Gasteiger partial charge on any atom is -0.444 e. The predicted molar refractivity (Wildman–Crippen MR) is 53.8 cm³/mol. The van der Waals surface area contributed by atoms with Crippen LogP contribution in [-0.2, 0) is 6.54 Å². The first-order valence-corrected chi connectivity index (χ1v) is 5.06. The van der Waals surface area contributed by atoms with Crippen molar-refractivity contribution in [3.63, 3.8) is 0 Å². The third-order valence-electron chi connectivity index (χ3n) is 2.74. The molecule has 0 amide bonds. The maximum absolute atomic E-state index is 5.82. The van der Waals surface area contributed by atoms with Crippen molar-refractivity contribution < 1.29 is 4.42 Å². The van der Waals surface area contributed by atoms with Crippen LogP contribution in [0.5, 0.6) is 0 Å². The number of oxazole rings is 1. The molecule has 1 aromatic rings. The molecule has 0 radical (unpaired) electrons. The molecule has 0 saturated carbocycles. The molecule has 14 heavy (non-hydrogen) atoms. The number of nitrogens with two attached hydrogens (primary N) is 1. The van der Waals surface area contributed by atoms with Gasteiger partial charge in [-0.15, -0.1) is 0 Å². The molecule has 1 aliphatic heterocycles. The van der Waals surface area contributed by atoms with Crippen LogP contribution in [0.1, 0.15) is 23.8 Å². The Morgan fingerprint density at radius 2 is 2.36 bits per heavy atom. The van der Waals surface area contributed by atoms with Crippen molar-refractivity contribution in [3.05, 3.63) is 17.3 Å². The molecule has 2 N–H and O–H groups in total. The van der Waals surface area contributed by atoms with E-state index in [2.05, 4.69) is 9.88 Å². The number of hydrogen-bond donors (Lipinski definition) is 1. The van der Waals surface area contributed by atoms with E-state index in [9.17, 15) is 0 Å². The summed E-state index contributed by atoms with van der Waals surface area (Å²) < 4.78 is 5.52. The molecular formula is C10H17N3O. The lowest BCUT2D eigenvalue weighted by Crippen LogP contribution is -2.26. The molecule has 4 heteroatoms. The van der Waals surface area contributed by atoms with E-state index in [1.807, 2.05) is 13.8 Å². The molecule has 1 fully saturated rings. The van der Waals surface area contributed by atoms with Gasteiger partial charge in [-0.3, -0.25) is 4.90 Å². The molecule has 1 aromatic heterocycles. The largest absolute Gasteiger partial charge is 0.444 e. The van der Waals surface area contributed by atoms with Crippen molar-refractivity contribution in [2.75, 3.05) is 13.1 Å². The second kappa shape index (κ2) is 3.71. The zero-order chi connectivity index (χ0) is 10.1. The van der Waals surface area contributed by atoms with Crippen molar-refractivity contribution in [1.82, 2.24) is 9.88 Å². The van der Waals surface area contributed by atoms with Crippen LogP contribution in [0.2, 0.25) is 0 Å². The number of likely N-dealkylation sites (tertiary alicyclic amines) is 1. The molecule has 1 saturated heterocycles. The van der Waals surface area contributed by atoms with Crippen LogP contribution in [0.25, 0.3) is 0 Å². The van der Waals surface area contributed by atoms with Crippen LogP contribution in [0, 0.1) is 13.8 Å². The number of nitrogens with zero attached hydrogens (tertiary/aromatic N) is 2. The number of rotatable bonds is 2. The summed E-state index contributed by atoms with van der Waals surface area (Å²) in [6.45, 7) is 6.73. The highest BCUT2D eigenvalue weighted by Gasteiger charge is 2.20. The van der Waals surface area contributed by atoms with Crippen LogP contribution in [0.4, 0.5) is 0 Å². The third kappa shape index (κ3) is 1.96. The minimum absolute atomic E-state index is 0.326. The fraction of sp³-hybridized carbons (Fsp3) is 0.700. The Morgan fingerprint density at radius 3 is 2.86 bits per heavy atom. The van der Waals surface area contributed by atoms with Gasteiger partial charge in [0, 0.05) is 19.1 Å². The molecule has 78 valence electrons. The van der Waals surface area contributed by atoms with Crippen molar-refractivity contribution in [2.24, 2.45) is 5.73 Å². The SMILES string of the molecule is Cc1nc(CN2CC[C@H](N)C2)oc1C. The fourth-order valence-corrected chi connectivity index (χ4v) is 1.80. The molecule has 1 aliphatic rings. The van der Waals surface area contributed by atoms with Crippen molar-refractivity contribution in [3.8, 4) is 0 Å². The van der Waals surface area contributed by atoms with Crippen LogP contribution in [0.15, 0.2) is 4.42 Å². The topological polar surface area (TPSA) is 55.3 Å². The Hall–Kier alpha value is -0.870. The molecule has 2 heterocycles. The van der Waals surface area contributed by atoms with E-state index in [0.717, 1.165) is 43.4 Å². The molecular weight excluding hydrogens is 178 g/mol. The van der Waals surface area contributed by atoms with Crippen LogP contribution in [0.3, 0.4) is 0 Å². The van der Waals surface area contributed by atoms with Crippen LogP contribution in [-0.4, -0.2) is 29.0 Å². The lowest BCUT2D eigenvalue weighted by molar-refractivity contribution is 0.285. The highest BCUT2D eigenvalue weighted by molar-refractivity contribution is 5.05. The molecule has 4 nitrogen and oxygen atoms in total. The molecule has 0 unspecified atom stereocenters. The van der Waals surface area contributed by atoms with Gasteiger partial charge in [0.2, 0.25) is 5.89 Å². The Labute approximate surface area is 84.1 Å². The summed E-state index contributed by atoms with van der Waals surface area (Å²) in [7, 11) is 0. The summed E-state index contributed by atoms with van der Waals surface area (Å²) in [5.74, 6) is 1.73. The van der Waals surface area contributed by atoms with E-state index in [1.54, 1.807) is 0 Å². The first-order valence-electron chi connectivity index (χ1n) is 5.06. The highest BCUT2D eigenvalue weighted by atomic mass is 16.4.